The normalized spacial score (nSPS) is 24.7. The van der Waals surface area contributed by atoms with Crippen LogP contribution in [0.3, 0.4) is 0 Å². The van der Waals surface area contributed by atoms with Gasteiger partial charge in [0.15, 0.2) is 0 Å². The highest BCUT2D eigenvalue weighted by Crippen LogP contribution is 2.39. The van der Waals surface area contributed by atoms with Crippen LogP contribution in [0.15, 0.2) is 18.2 Å². The molecule has 0 N–H and O–H groups in total. The molecule has 0 radical (unpaired) electrons. The van der Waals surface area contributed by atoms with Gasteiger partial charge in [0.25, 0.3) is 0 Å². The summed E-state index contributed by atoms with van der Waals surface area (Å²) >= 11 is 0. The maximum atomic E-state index is 12.1. The van der Waals surface area contributed by atoms with Crippen molar-refractivity contribution in [3.8, 4) is 0 Å². The van der Waals surface area contributed by atoms with Crippen molar-refractivity contribution in [3.63, 3.8) is 0 Å². The molecule has 1 amide bonds. The first kappa shape index (κ1) is 17.4. The van der Waals surface area contributed by atoms with Crippen LogP contribution in [-0.4, -0.2) is 55.6 Å². The minimum atomic E-state index is 0.140. The predicted octanol–water partition coefficient (Wildman–Crippen LogP) is 2.76. The summed E-state index contributed by atoms with van der Waals surface area (Å²) in [5, 5.41) is 0. The van der Waals surface area contributed by atoms with E-state index in [1.54, 1.807) is 7.11 Å². The maximum Gasteiger partial charge on any atom is 0.248 e. The van der Waals surface area contributed by atoms with Gasteiger partial charge in [-0.05, 0) is 56.3 Å². The van der Waals surface area contributed by atoms with Crippen molar-refractivity contribution >= 4 is 5.91 Å². The molecule has 2 heterocycles. The average molecular weight is 330 g/mol. The summed E-state index contributed by atoms with van der Waals surface area (Å²) in [7, 11) is 1.59. The molecule has 132 valence electrons. The third-order valence-electron chi connectivity index (χ3n) is 5.83. The Hall–Kier alpha value is -1.39. The molecule has 0 aromatic heterocycles. The summed E-state index contributed by atoms with van der Waals surface area (Å²) in [5.74, 6) is 0.140. The summed E-state index contributed by atoms with van der Waals surface area (Å²) in [6.07, 6.45) is 3.61. The lowest BCUT2D eigenvalue weighted by Crippen LogP contribution is -2.45. The highest BCUT2D eigenvalue weighted by molar-refractivity contribution is 5.77. The van der Waals surface area contributed by atoms with Crippen LogP contribution in [0.2, 0.25) is 0 Å². The number of aryl methyl sites for hydroxylation is 2. The van der Waals surface area contributed by atoms with Crippen LogP contribution < -0.4 is 0 Å². The Kier molecular flexibility index (Phi) is 5.26. The fourth-order valence-corrected chi connectivity index (χ4v) is 4.46. The van der Waals surface area contributed by atoms with Gasteiger partial charge in [-0.1, -0.05) is 18.2 Å². The number of amides is 1. The van der Waals surface area contributed by atoms with E-state index in [9.17, 15) is 4.79 Å². The van der Waals surface area contributed by atoms with Crippen molar-refractivity contribution in [1.82, 2.24) is 9.80 Å². The molecule has 1 unspecified atom stereocenters. The van der Waals surface area contributed by atoms with Gasteiger partial charge in [0.05, 0.1) is 0 Å². The number of carbonyl (C=O) groups is 1. The third-order valence-corrected chi connectivity index (χ3v) is 5.83. The van der Waals surface area contributed by atoms with Crippen LogP contribution in [0, 0.1) is 19.3 Å². The number of carbonyl (C=O) groups excluding carboxylic acids is 1. The van der Waals surface area contributed by atoms with E-state index >= 15 is 0 Å². The van der Waals surface area contributed by atoms with Gasteiger partial charge in [0.2, 0.25) is 5.91 Å². The molecular weight excluding hydrogens is 300 g/mol. The van der Waals surface area contributed by atoms with E-state index in [-0.39, 0.29) is 17.9 Å². The quantitative estimate of drug-likeness (QED) is 0.851. The van der Waals surface area contributed by atoms with Crippen LogP contribution in [0.1, 0.15) is 36.0 Å². The lowest BCUT2D eigenvalue weighted by atomic mass is 9.79. The number of hydrogen-bond acceptors (Lipinski definition) is 3. The lowest BCUT2D eigenvalue weighted by Gasteiger charge is -2.40. The zero-order chi connectivity index (χ0) is 17.2. The van der Waals surface area contributed by atoms with E-state index in [0.29, 0.717) is 0 Å². The zero-order valence-corrected chi connectivity index (χ0v) is 15.3. The molecule has 2 aliphatic rings. The van der Waals surface area contributed by atoms with Gasteiger partial charge in [0, 0.05) is 38.7 Å². The topological polar surface area (TPSA) is 32.8 Å². The molecule has 2 fully saturated rings. The molecule has 1 aromatic rings. The third kappa shape index (κ3) is 3.65. The molecule has 4 nitrogen and oxygen atoms in total. The number of methoxy groups -OCH3 is 1. The van der Waals surface area contributed by atoms with Gasteiger partial charge in [-0.25, -0.2) is 0 Å². The Morgan fingerprint density at radius 1 is 1.17 bits per heavy atom. The highest BCUT2D eigenvalue weighted by Gasteiger charge is 2.42. The summed E-state index contributed by atoms with van der Waals surface area (Å²) in [5.41, 5.74) is 4.54. The van der Waals surface area contributed by atoms with E-state index in [1.807, 2.05) is 4.90 Å². The van der Waals surface area contributed by atoms with Crippen LogP contribution in [0.25, 0.3) is 0 Å². The molecule has 24 heavy (non-hydrogen) atoms. The first-order chi connectivity index (χ1) is 11.5. The number of likely N-dealkylation sites (tertiary alicyclic amines) is 2. The predicted molar refractivity (Wildman–Crippen MR) is 95.9 cm³/mol. The molecular formula is C20H30N2O2. The van der Waals surface area contributed by atoms with Crippen LogP contribution in [0.5, 0.6) is 0 Å². The largest absolute Gasteiger partial charge is 0.375 e. The fraction of sp³-hybridized carbons (Fsp3) is 0.650. The monoisotopic (exact) mass is 330 g/mol. The van der Waals surface area contributed by atoms with Crippen molar-refractivity contribution in [3.05, 3.63) is 34.9 Å². The van der Waals surface area contributed by atoms with Crippen molar-refractivity contribution in [1.29, 1.82) is 0 Å². The van der Waals surface area contributed by atoms with Gasteiger partial charge in [-0.3, -0.25) is 9.69 Å². The van der Waals surface area contributed by atoms with Crippen LogP contribution in [0.4, 0.5) is 0 Å². The summed E-state index contributed by atoms with van der Waals surface area (Å²) in [6.45, 7) is 9.73. The summed E-state index contributed by atoms with van der Waals surface area (Å²) in [4.78, 5) is 16.7. The molecule has 1 atom stereocenters. The van der Waals surface area contributed by atoms with Crippen LogP contribution >= 0.6 is 0 Å². The van der Waals surface area contributed by atoms with E-state index in [2.05, 4.69) is 36.9 Å². The number of hydrogen-bond donors (Lipinski definition) is 0. The van der Waals surface area contributed by atoms with Crippen molar-refractivity contribution in [2.75, 3.05) is 39.9 Å². The Morgan fingerprint density at radius 3 is 2.62 bits per heavy atom. The first-order valence-electron chi connectivity index (χ1n) is 9.07. The summed E-state index contributed by atoms with van der Waals surface area (Å²) in [6, 6.07) is 6.56. The Balaban J connectivity index is 1.66. The van der Waals surface area contributed by atoms with E-state index in [0.717, 1.165) is 32.6 Å². The number of piperidine rings is 1. The molecule has 1 spiro atoms. The zero-order valence-electron chi connectivity index (χ0n) is 15.3. The lowest BCUT2D eigenvalue weighted by molar-refractivity contribution is -0.134. The molecule has 3 rings (SSSR count). The van der Waals surface area contributed by atoms with E-state index in [1.165, 1.54) is 36.1 Å². The molecule has 0 saturated carbocycles. The second-order valence-corrected chi connectivity index (χ2v) is 7.68. The van der Waals surface area contributed by atoms with Gasteiger partial charge in [-0.2, -0.15) is 0 Å². The molecule has 4 heteroatoms. The van der Waals surface area contributed by atoms with Crippen molar-refractivity contribution in [2.24, 2.45) is 5.41 Å². The second-order valence-electron chi connectivity index (χ2n) is 7.68. The van der Waals surface area contributed by atoms with E-state index < -0.39 is 0 Å². The van der Waals surface area contributed by atoms with Gasteiger partial charge in [0.1, 0.15) is 6.61 Å². The standard InChI is InChI=1S/C20H30N2O2/c1-16-6-4-7-17(2)18(16)12-21-10-5-8-20(14-21)9-11-22(15-20)19(23)13-24-3/h4,6-7H,5,8-15H2,1-3H3. The summed E-state index contributed by atoms with van der Waals surface area (Å²) < 4.78 is 5.02. The smallest absolute Gasteiger partial charge is 0.248 e. The average Bonchev–Trinajstić information content (AvgIpc) is 2.95. The van der Waals surface area contributed by atoms with Gasteiger partial charge < -0.3 is 9.64 Å². The number of ether oxygens (including phenoxy) is 1. The minimum Gasteiger partial charge on any atom is -0.375 e. The maximum absolute atomic E-state index is 12.1. The number of nitrogens with zero attached hydrogens (tertiary/aromatic N) is 2. The Labute approximate surface area is 145 Å². The second kappa shape index (κ2) is 7.24. The van der Waals surface area contributed by atoms with Crippen molar-refractivity contribution in [2.45, 2.75) is 39.7 Å². The van der Waals surface area contributed by atoms with E-state index in [4.69, 9.17) is 4.74 Å². The molecule has 2 aliphatic heterocycles. The van der Waals surface area contributed by atoms with Crippen LogP contribution in [-0.2, 0) is 16.1 Å². The Morgan fingerprint density at radius 2 is 1.92 bits per heavy atom. The SMILES string of the molecule is COCC(=O)N1CCC2(CCCN(Cc3c(C)cccc3C)C2)C1. The molecule has 0 aliphatic carbocycles. The Bertz CT molecular complexity index is 581. The molecule has 1 aromatic carbocycles. The number of benzene rings is 1. The van der Waals surface area contributed by atoms with Gasteiger partial charge >= 0.3 is 0 Å². The minimum absolute atomic E-state index is 0.140. The molecule has 0 bridgehead atoms. The number of rotatable bonds is 4. The highest BCUT2D eigenvalue weighted by atomic mass is 16.5. The van der Waals surface area contributed by atoms with Crippen molar-refractivity contribution < 1.29 is 9.53 Å². The van der Waals surface area contributed by atoms with Gasteiger partial charge in [-0.15, -0.1) is 0 Å². The molecule has 2 saturated heterocycles. The fourth-order valence-electron chi connectivity index (χ4n) is 4.46. The first-order valence-corrected chi connectivity index (χ1v) is 9.07.